The van der Waals surface area contributed by atoms with Gasteiger partial charge >= 0.3 is 0 Å². The van der Waals surface area contributed by atoms with E-state index in [4.69, 9.17) is 9.47 Å². The van der Waals surface area contributed by atoms with Crippen LogP contribution in [0.5, 0.6) is 0 Å². The Balaban J connectivity index is 1.61. The summed E-state index contributed by atoms with van der Waals surface area (Å²) >= 11 is 0. The minimum atomic E-state index is -3.70. The van der Waals surface area contributed by atoms with Crippen LogP contribution in [-0.2, 0) is 29.5 Å². The van der Waals surface area contributed by atoms with Crippen LogP contribution < -0.4 is 0 Å². The van der Waals surface area contributed by atoms with Gasteiger partial charge in [0.25, 0.3) is 0 Å². The molecule has 2 aromatic rings. The van der Waals surface area contributed by atoms with Gasteiger partial charge in [0.15, 0.2) is 0 Å². The lowest BCUT2D eigenvalue weighted by atomic mass is 10.1. The van der Waals surface area contributed by atoms with Crippen LogP contribution in [0.4, 0.5) is 0 Å². The number of hydrogen-bond donors (Lipinski definition) is 0. The molecule has 0 saturated carbocycles. The van der Waals surface area contributed by atoms with E-state index in [1.165, 1.54) is 8.61 Å². The van der Waals surface area contributed by atoms with Gasteiger partial charge in [-0.15, -0.1) is 0 Å². The predicted octanol–water partition coefficient (Wildman–Crippen LogP) is 2.13. The topological polar surface area (TPSA) is 93.2 Å². The first-order valence-electron chi connectivity index (χ1n) is 10.0. The molecule has 0 amide bonds. The van der Waals surface area contributed by atoms with Crippen LogP contribution in [0.15, 0.2) is 58.3 Å². The summed E-state index contributed by atoms with van der Waals surface area (Å²) in [6, 6.07) is 13.2. The standard InChI is InChI=1S/C21H26N2O6S2/c1-21(2)15-29-16-23(21)31(26,27)19-8-6-17(7-9-19)18-4-3-5-20(14-18)30(24,25)22-10-12-28-13-11-22/h3-9,14H,10-13,15-16H2,1-2H3. The first kappa shape index (κ1) is 22.4. The fourth-order valence-electron chi connectivity index (χ4n) is 3.74. The van der Waals surface area contributed by atoms with Gasteiger partial charge < -0.3 is 9.47 Å². The summed E-state index contributed by atoms with van der Waals surface area (Å²) in [4.78, 5) is 0.381. The maximum atomic E-state index is 13.0. The molecule has 2 aliphatic rings. The van der Waals surface area contributed by atoms with Crippen molar-refractivity contribution in [3.63, 3.8) is 0 Å². The number of ether oxygens (including phenoxy) is 2. The Morgan fingerprint density at radius 1 is 0.806 bits per heavy atom. The molecule has 31 heavy (non-hydrogen) atoms. The molecular weight excluding hydrogens is 440 g/mol. The summed E-state index contributed by atoms with van der Waals surface area (Å²) < 4.78 is 65.3. The van der Waals surface area contributed by atoms with Gasteiger partial charge in [-0.05, 0) is 49.2 Å². The molecule has 10 heteroatoms. The van der Waals surface area contributed by atoms with Gasteiger partial charge in [0.2, 0.25) is 20.0 Å². The zero-order valence-electron chi connectivity index (χ0n) is 17.5. The maximum Gasteiger partial charge on any atom is 0.245 e. The van der Waals surface area contributed by atoms with Gasteiger partial charge in [0, 0.05) is 13.1 Å². The van der Waals surface area contributed by atoms with Crippen LogP contribution >= 0.6 is 0 Å². The third-order valence-corrected chi connectivity index (χ3v) is 9.50. The first-order chi connectivity index (χ1) is 14.6. The number of sulfonamides is 2. The van der Waals surface area contributed by atoms with E-state index >= 15 is 0 Å². The second-order valence-electron chi connectivity index (χ2n) is 8.21. The van der Waals surface area contributed by atoms with Crippen molar-refractivity contribution in [3.05, 3.63) is 48.5 Å². The number of hydrogen-bond acceptors (Lipinski definition) is 6. The van der Waals surface area contributed by atoms with E-state index in [0.717, 1.165) is 5.56 Å². The third-order valence-electron chi connectivity index (χ3n) is 5.56. The Bertz CT molecular complexity index is 1150. The minimum absolute atomic E-state index is 0.0263. The fraction of sp³-hybridized carbons (Fsp3) is 0.429. The van der Waals surface area contributed by atoms with Gasteiger partial charge in [-0.2, -0.15) is 8.61 Å². The molecule has 0 aromatic heterocycles. The van der Waals surface area contributed by atoms with Crippen LogP contribution in [-0.4, -0.2) is 70.6 Å². The van der Waals surface area contributed by atoms with Crippen molar-refractivity contribution < 1.29 is 26.3 Å². The molecule has 0 aliphatic carbocycles. The van der Waals surface area contributed by atoms with Crippen LogP contribution in [0.2, 0.25) is 0 Å². The van der Waals surface area contributed by atoms with Crippen molar-refractivity contribution >= 4 is 20.0 Å². The summed E-state index contributed by atoms with van der Waals surface area (Å²) in [7, 11) is -7.31. The Hall–Kier alpha value is -1.82. The van der Waals surface area contributed by atoms with E-state index in [0.29, 0.717) is 38.5 Å². The third kappa shape index (κ3) is 4.28. The van der Waals surface area contributed by atoms with E-state index in [1.807, 2.05) is 13.8 Å². The average Bonchev–Trinajstić information content (AvgIpc) is 3.14. The molecule has 0 atom stereocenters. The van der Waals surface area contributed by atoms with Gasteiger partial charge in [-0.25, -0.2) is 16.8 Å². The first-order valence-corrected chi connectivity index (χ1v) is 12.9. The molecule has 2 heterocycles. The molecule has 0 unspecified atom stereocenters. The maximum absolute atomic E-state index is 13.0. The van der Waals surface area contributed by atoms with Crippen molar-refractivity contribution in [1.82, 2.24) is 8.61 Å². The lowest BCUT2D eigenvalue weighted by Gasteiger charge is -2.28. The van der Waals surface area contributed by atoms with E-state index in [9.17, 15) is 16.8 Å². The largest absolute Gasteiger partial charge is 0.379 e. The molecule has 168 valence electrons. The van der Waals surface area contributed by atoms with Crippen LogP contribution in [0, 0.1) is 0 Å². The SMILES string of the molecule is CC1(C)COCN1S(=O)(=O)c1ccc(-c2cccc(S(=O)(=O)N3CCOCC3)c2)cc1. The highest BCUT2D eigenvalue weighted by Gasteiger charge is 2.42. The molecule has 4 rings (SSSR count). The Morgan fingerprint density at radius 3 is 2.10 bits per heavy atom. The monoisotopic (exact) mass is 466 g/mol. The minimum Gasteiger partial charge on any atom is -0.379 e. The molecule has 2 fully saturated rings. The van der Waals surface area contributed by atoms with Gasteiger partial charge in [0.05, 0.1) is 35.2 Å². The quantitative estimate of drug-likeness (QED) is 0.670. The number of morpholine rings is 1. The second-order valence-corrected chi connectivity index (χ2v) is 12.0. The molecule has 8 nitrogen and oxygen atoms in total. The normalized spacial score (nSPS) is 20.7. The van der Waals surface area contributed by atoms with Crippen molar-refractivity contribution in [2.75, 3.05) is 39.6 Å². The summed E-state index contributed by atoms with van der Waals surface area (Å²) in [6.07, 6.45) is 0. The van der Waals surface area contributed by atoms with Gasteiger partial charge in [0.1, 0.15) is 6.73 Å². The van der Waals surface area contributed by atoms with Crippen LogP contribution in [0.1, 0.15) is 13.8 Å². The fourth-order valence-corrected chi connectivity index (χ4v) is 6.84. The molecule has 2 aliphatic heterocycles. The van der Waals surface area contributed by atoms with E-state index in [-0.39, 0.29) is 16.5 Å². The van der Waals surface area contributed by atoms with E-state index < -0.39 is 25.6 Å². The summed E-state index contributed by atoms with van der Waals surface area (Å²) in [6.45, 7) is 5.44. The average molecular weight is 467 g/mol. The Kier molecular flexibility index (Phi) is 5.97. The van der Waals surface area contributed by atoms with Crippen LogP contribution in [0.25, 0.3) is 11.1 Å². The van der Waals surface area contributed by atoms with E-state index in [2.05, 4.69) is 0 Å². The second kappa shape index (κ2) is 8.27. The van der Waals surface area contributed by atoms with Crippen LogP contribution in [0.3, 0.4) is 0 Å². The van der Waals surface area contributed by atoms with Crippen molar-refractivity contribution in [3.8, 4) is 11.1 Å². The lowest BCUT2D eigenvalue weighted by Crippen LogP contribution is -2.44. The number of benzene rings is 2. The van der Waals surface area contributed by atoms with Gasteiger partial charge in [-0.1, -0.05) is 24.3 Å². The molecule has 0 bridgehead atoms. The summed E-state index contributed by atoms with van der Waals surface area (Å²) in [5.74, 6) is 0. The highest BCUT2D eigenvalue weighted by atomic mass is 32.2. The lowest BCUT2D eigenvalue weighted by molar-refractivity contribution is 0.0730. The zero-order valence-corrected chi connectivity index (χ0v) is 19.2. The highest BCUT2D eigenvalue weighted by molar-refractivity contribution is 7.89. The van der Waals surface area contributed by atoms with Crippen molar-refractivity contribution in [1.29, 1.82) is 0 Å². The van der Waals surface area contributed by atoms with E-state index in [1.54, 1.807) is 48.5 Å². The number of nitrogens with zero attached hydrogens (tertiary/aromatic N) is 2. The smallest absolute Gasteiger partial charge is 0.245 e. The predicted molar refractivity (Wildman–Crippen MR) is 115 cm³/mol. The van der Waals surface area contributed by atoms with Crippen molar-refractivity contribution in [2.24, 2.45) is 0 Å². The number of rotatable bonds is 5. The zero-order chi connectivity index (χ0) is 22.3. The molecule has 0 N–H and O–H groups in total. The Labute approximate surface area is 183 Å². The molecule has 2 saturated heterocycles. The van der Waals surface area contributed by atoms with Crippen molar-refractivity contribution in [2.45, 2.75) is 29.2 Å². The van der Waals surface area contributed by atoms with Gasteiger partial charge in [-0.3, -0.25) is 0 Å². The highest BCUT2D eigenvalue weighted by Crippen LogP contribution is 2.31. The summed E-state index contributed by atoms with van der Waals surface area (Å²) in [5, 5.41) is 0. The summed E-state index contributed by atoms with van der Waals surface area (Å²) in [5.41, 5.74) is 0.817. The molecular formula is C21H26N2O6S2. The molecule has 0 radical (unpaired) electrons. The molecule has 0 spiro atoms. The Morgan fingerprint density at radius 2 is 1.48 bits per heavy atom. The molecule has 2 aromatic carbocycles.